The van der Waals surface area contributed by atoms with Crippen molar-refractivity contribution in [2.75, 3.05) is 0 Å². The molecule has 1 aromatic carbocycles. The standard InChI is InChI=1S/C15H21BF3O.K/c1-10-6-11(2)8-14(7-10)20-13-4-5-15(12(3)9-13)16(17,18)19;/h4-5,9-11,14H,6-8H2,1-3H3;/q-1;+1. The van der Waals surface area contributed by atoms with Crippen molar-refractivity contribution < 1.29 is 69.1 Å². The molecule has 0 N–H and O–H groups in total. The molecule has 0 aromatic heterocycles. The molecule has 21 heavy (non-hydrogen) atoms. The largest absolute Gasteiger partial charge is 1.00 e. The molecule has 0 amide bonds. The first-order chi connectivity index (χ1) is 9.25. The Kier molecular flexibility index (Phi) is 7.32. The molecule has 0 bridgehead atoms. The smallest absolute Gasteiger partial charge is 0.490 e. The molecule has 1 saturated carbocycles. The van der Waals surface area contributed by atoms with Crippen LogP contribution in [0.3, 0.4) is 0 Å². The van der Waals surface area contributed by atoms with Crippen molar-refractivity contribution in [2.24, 2.45) is 11.8 Å². The van der Waals surface area contributed by atoms with E-state index in [1.54, 1.807) is 0 Å². The van der Waals surface area contributed by atoms with E-state index in [4.69, 9.17) is 4.74 Å². The van der Waals surface area contributed by atoms with E-state index >= 15 is 0 Å². The van der Waals surface area contributed by atoms with Crippen molar-refractivity contribution in [2.45, 2.75) is 46.1 Å². The van der Waals surface area contributed by atoms with Gasteiger partial charge >= 0.3 is 58.4 Å². The predicted octanol–water partition coefficient (Wildman–Crippen LogP) is 1.26. The van der Waals surface area contributed by atoms with Gasteiger partial charge in [0, 0.05) is 0 Å². The van der Waals surface area contributed by atoms with Crippen LogP contribution in [0.1, 0.15) is 38.7 Å². The molecule has 2 atom stereocenters. The van der Waals surface area contributed by atoms with Crippen LogP contribution in [0.4, 0.5) is 12.9 Å². The number of rotatable bonds is 3. The van der Waals surface area contributed by atoms with Crippen molar-refractivity contribution in [3.8, 4) is 5.75 Å². The molecule has 1 aliphatic carbocycles. The normalized spacial score (nSPS) is 26.1. The van der Waals surface area contributed by atoms with Crippen LogP contribution in [0.25, 0.3) is 0 Å². The van der Waals surface area contributed by atoms with Gasteiger partial charge in [-0.15, -0.1) is 5.46 Å². The van der Waals surface area contributed by atoms with Gasteiger partial charge in [0.05, 0.1) is 6.10 Å². The molecule has 2 unspecified atom stereocenters. The number of halogens is 3. The fraction of sp³-hybridized carbons (Fsp3) is 0.600. The second-order valence-electron chi connectivity index (χ2n) is 6.25. The van der Waals surface area contributed by atoms with E-state index in [9.17, 15) is 12.9 Å². The van der Waals surface area contributed by atoms with Gasteiger partial charge in [-0.1, -0.05) is 25.5 Å². The van der Waals surface area contributed by atoms with Gasteiger partial charge < -0.3 is 17.7 Å². The van der Waals surface area contributed by atoms with Crippen LogP contribution in [0.15, 0.2) is 18.2 Å². The summed E-state index contributed by atoms with van der Waals surface area (Å²) in [6.45, 7) is 0.950. The molecular weight excluding hydrogens is 303 g/mol. The predicted molar refractivity (Wildman–Crippen MR) is 76.5 cm³/mol. The summed E-state index contributed by atoms with van der Waals surface area (Å²) in [5, 5.41) is 0. The van der Waals surface area contributed by atoms with Gasteiger partial charge in [-0.3, -0.25) is 0 Å². The van der Waals surface area contributed by atoms with Crippen molar-refractivity contribution >= 4 is 12.4 Å². The molecule has 0 saturated heterocycles. The zero-order chi connectivity index (χ0) is 14.9. The van der Waals surface area contributed by atoms with Gasteiger partial charge in [0.1, 0.15) is 5.75 Å². The Bertz CT molecular complexity index is 468. The summed E-state index contributed by atoms with van der Waals surface area (Å²) in [7, 11) is 0. The first-order valence-electron chi connectivity index (χ1n) is 7.23. The number of aryl methyl sites for hydroxylation is 1. The summed E-state index contributed by atoms with van der Waals surface area (Å²) < 4.78 is 44.2. The van der Waals surface area contributed by atoms with E-state index in [1.807, 2.05) is 0 Å². The fourth-order valence-electron chi connectivity index (χ4n) is 3.25. The third-order valence-corrected chi connectivity index (χ3v) is 4.03. The number of ether oxygens (including phenoxy) is 1. The second kappa shape index (κ2) is 7.86. The van der Waals surface area contributed by atoms with Crippen LogP contribution in [0.2, 0.25) is 0 Å². The maximum atomic E-state index is 12.8. The molecule has 0 spiro atoms. The Morgan fingerprint density at radius 1 is 1.05 bits per heavy atom. The summed E-state index contributed by atoms with van der Waals surface area (Å²) in [5.74, 6) is 1.78. The van der Waals surface area contributed by atoms with E-state index < -0.39 is 12.4 Å². The SMILES string of the molecule is Cc1cc(OC2CC(C)CC(C)C2)ccc1[B-](F)(F)F.[K+]. The van der Waals surface area contributed by atoms with Crippen LogP contribution < -0.4 is 61.6 Å². The number of hydrogen-bond donors (Lipinski definition) is 0. The topological polar surface area (TPSA) is 9.23 Å². The molecular formula is C15H21BF3KO. The molecule has 0 radical (unpaired) electrons. The maximum absolute atomic E-state index is 12.8. The van der Waals surface area contributed by atoms with E-state index in [-0.39, 0.29) is 63.1 Å². The van der Waals surface area contributed by atoms with Gasteiger partial charge in [-0.2, -0.15) is 0 Å². The fourth-order valence-corrected chi connectivity index (χ4v) is 3.25. The molecule has 112 valence electrons. The van der Waals surface area contributed by atoms with E-state index in [0.717, 1.165) is 18.9 Å². The van der Waals surface area contributed by atoms with Crippen LogP contribution in [0, 0.1) is 18.8 Å². The first kappa shape index (κ1) is 19.6. The van der Waals surface area contributed by atoms with Gasteiger partial charge in [-0.25, -0.2) is 0 Å². The molecule has 1 aliphatic rings. The minimum atomic E-state index is -4.94. The molecule has 6 heteroatoms. The van der Waals surface area contributed by atoms with E-state index in [0.29, 0.717) is 17.6 Å². The van der Waals surface area contributed by atoms with Crippen LogP contribution in [-0.2, 0) is 0 Å². The number of benzene rings is 1. The van der Waals surface area contributed by atoms with Crippen LogP contribution in [0.5, 0.6) is 5.75 Å². The quantitative estimate of drug-likeness (QED) is 0.761. The van der Waals surface area contributed by atoms with Crippen LogP contribution in [-0.4, -0.2) is 13.1 Å². The Hall–Kier alpha value is 0.511. The van der Waals surface area contributed by atoms with E-state index in [2.05, 4.69) is 13.8 Å². The summed E-state index contributed by atoms with van der Waals surface area (Å²) in [4.78, 5) is 0. The second-order valence-corrected chi connectivity index (χ2v) is 6.25. The first-order valence-corrected chi connectivity index (χ1v) is 7.23. The monoisotopic (exact) mass is 324 g/mol. The Morgan fingerprint density at radius 3 is 2.10 bits per heavy atom. The van der Waals surface area contributed by atoms with Gasteiger partial charge in [0.25, 0.3) is 0 Å². The van der Waals surface area contributed by atoms with Crippen LogP contribution >= 0.6 is 0 Å². The summed E-state index contributed by atoms with van der Waals surface area (Å²) in [6, 6.07) is 4.09. The Labute approximate surface area is 167 Å². The summed E-state index contributed by atoms with van der Waals surface area (Å²) in [5.41, 5.74) is -0.283. The average molecular weight is 324 g/mol. The molecule has 0 heterocycles. The van der Waals surface area contributed by atoms with Crippen molar-refractivity contribution in [1.29, 1.82) is 0 Å². The molecule has 1 nitrogen and oxygen atoms in total. The minimum absolute atomic E-state index is 0. The zero-order valence-electron chi connectivity index (χ0n) is 13.2. The van der Waals surface area contributed by atoms with Gasteiger partial charge in [-0.05, 0) is 50.2 Å². The maximum Gasteiger partial charge on any atom is 1.00 e. The van der Waals surface area contributed by atoms with Gasteiger partial charge in [0.2, 0.25) is 0 Å². The third kappa shape index (κ3) is 5.57. The zero-order valence-corrected chi connectivity index (χ0v) is 16.3. The van der Waals surface area contributed by atoms with Crippen molar-refractivity contribution in [3.05, 3.63) is 23.8 Å². The Morgan fingerprint density at radius 2 is 1.62 bits per heavy atom. The summed E-state index contributed by atoms with van der Waals surface area (Å²) in [6.07, 6.45) is 3.28. The molecule has 2 rings (SSSR count). The average Bonchev–Trinajstić information content (AvgIpc) is 2.25. The van der Waals surface area contributed by atoms with Crippen molar-refractivity contribution in [3.63, 3.8) is 0 Å². The minimum Gasteiger partial charge on any atom is -0.490 e. The summed E-state index contributed by atoms with van der Waals surface area (Å²) >= 11 is 0. The number of hydrogen-bond acceptors (Lipinski definition) is 1. The van der Waals surface area contributed by atoms with Gasteiger partial charge in [0.15, 0.2) is 0 Å². The molecule has 0 aliphatic heterocycles. The Balaban J connectivity index is 0.00000220. The van der Waals surface area contributed by atoms with Crippen molar-refractivity contribution in [1.82, 2.24) is 0 Å². The molecule has 1 aromatic rings. The van der Waals surface area contributed by atoms with E-state index in [1.165, 1.54) is 25.5 Å². The third-order valence-electron chi connectivity index (χ3n) is 4.03. The molecule has 1 fully saturated rings.